The van der Waals surface area contributed by atoms with Gasteiger partial charge >= 0.3 is 12.2 Å². The van der Waals surface area contributed by atoms with Gasteiger partial charge in [0.1, 0.15) is 11.9 Å². The van der Waals surface area contributed by atoms with Crippen molar-refractivity contribution in [3.63, 3.8) is 0 Å². The second-order valence-electron chi connectivity index (χ2n) is 8.23. The van der Waals surface area contributed by atoms with E-state index in [0.29, 0.717) is 43.1 Å². The maximum absolute atomic E-state index is 14.9. The highest BCUT2D eigenvalue weighted by Crippen LogP contribution is 2.28. The number of anilines is 2. The summed E-state index contributed by atoms with van der Waals surface area (Å²) in [5, 5.41) is 13.4. The highest BCUT2D eigenvalue weighted by Gasteiger charge is 2.33. The number of cyclic esters (lactones) is 1. The third-order valence-electron chi connectivity index (χ3n) is 5.89. The molecule has 13 heteroatoms. The normalized spacial score (nSPS) is 17.5. The van der Waals surface area contributed by atoms with Crippen molar-refractivity contribution in [1.82, 2.24) is 20.5 Å². The van der Waals surface area contributed by atoms with Crippen LogP contribution in [0.1, 0.15) is 10.4 Å². The average molecular weight is 500 g/mol. The molecule has 4 rings (SSSR count). The van der Waals surface area contributed by atoms with Gasteiger partial charge < -0.3 is 30.3 Å². The molecule has 3 heterocycles. The zero-order valence-corrected chi connectivity index (χ0v) is 19.2. The average Bonchev–Trinajstić information content (AvgIpc) is 3.26. The van der Waals surface area contributed by atoms with Crippen molar-refractivity contribution in [3.8, 4) is 0 Å². The lowest BCUT2D eigenvalue weighted by molar-refractivity contribution is -0.130. The van der Waals surface area contributed by atoms with Crippen molar-refractivity contribution in [2.75, 3.05) is 55.6 Å². The van der Waals surface area contributed by atoms with E-state index >= 15 is 0 Å². The van der Waals surface area contributed by atoms with E-state index in [-0.39, 0.29) is 31.4 Å². The predicted molar refractivity (Wildman–Crippen MR) is 125 cm³/mol. The fourth-order valence-corrected chi connectivity index (χ4v) is 4.02. The molecule has 1 atom stereocenters. The van der Waals surface area contributed by atoms with Gasteiger partial charge in [-0.25, -0.2) is 14.0 Å². The molecule has 36 heavy (non-hydrogen) atoms. The molecule has 2 fully saturated rings. The molecule has 0 unspecified atom stereocenters. The van der Waals surface area contributed by atoms with Crippen LogP contribution < -0.4 is 20.4 Å². The topological polar surface area (TPSA) is 144 Å². The quantitative estimate of drug-likeness (QED) is 0.509. The summed E-state index contributed by atoms with van der Waals surface area (Å²) in [6, 6.07) is 7.63. The van der Waals surface area contributed by atoms with Crippen LogP contribution in [0.3, 0.4) is 0 Å². The SMILES string of the molecule is O=C(O)NC[C@H]1CN(c2ccc(N3CCN(C(=O)CNC(=O)c4cccnc4)CC3)c(F)c2)C(=O)O1. The molecule has 4 amide bonds. The Morgan fingerprint density at radius 3 is 2.58 bits per heavy atom. The van der Waals surface area contributed by atoms with E-state index in [9.17, 15) is 23.6 Å². The number of hydrogen-bond donors (Lipinski definition) is 3. The minimum absolute atomic E-state index is 0.0612. The Morgan fingerprint density at radius 1 is 1.14 bits per heavy atom. The van der Waals surface area contributed by atoms with E-state index in [2.05, 4.69) is 15.6 Å². The Kier molecular flexibility index (Phi) is 7.47. The molecule has 0 bridgehead atoms. The summed E-state index contributed by atoms with van der Waals surface area (Å²) >= 11 is 0. The van der Waals surface area contributed by atoms with Gasteiger partial charge in [-0.15, -0.1) is 0 Å². The monoisotopic (exact) mass is 500 g/mol. The van der Waals surface area contributed by atoms with E-state index < -0.39 is 24.1 Å². The van der Waals surface area contributed by atoms with Crippen LogP contribution in [0.15, 0.2) is 42.7 Å². The standard InChI is InChI=1S/C23H25FN6O6/c24-18-10-16(30-14-17(36-23(30)35)12-27-22(33)34)3-4-19(18)28-6-8-29(9-7-28)20(31)13-26-21(32)15-2-1-5-25-11-15/h1-5,10-11,17,27H,6-9,12-14H2,(H,26,32)(H,33,34)/t17-/m0/s1. The zero-order valence-electron chi connectivity index (χ0n) is 19.2. The molecule has 1 aromatic heterocycles. The number of ether oxygens (including phenoxy) is 1. The second-order valence-corrected chi connectivity index (χ2v) is 8.23. The van der Waals surface area contributed by atoms with Gasteiger partial charge in [0.25, 0.3) is 5.91 Å². The number of carbonyl (C=O) groups excluding carboxylic acids is 3. The Labute approximate surface area is 205 Å². The van der Waals surface area contributed by atoms with E-state index in [4.69, 9.17) is 9.84 Å². The molecule has 2 aliphatic rings. The van der Waals surface area contributed by atoms with Crippen molar-refractivity contribution < 1.29 is 33.4 Å². The number of aromatic nitrogens is 1. The van der Waals surface area contributed by atoms with Gasteiger partial charge in [-0.1, -0.05) is 0 Å². The number of pyridine rings is 1. The summed E-state index contributed by atoms with van der Waals surface area (Å²) in [7, 11) is 0. The molecule has 190 valence electrons. The molecule has 0 aliphatic carbocycles. The Balaban J connectivity index is 1.28. The Bertz CT molecular complexity index is 1140. The number of nitrogens with zero attached hydrogens (tertiary/aromatic N) is 4. The number of amides is 4. The number of hydrogen-bond acceptors (Lipinski definition) is 7. The van der Waals surface area contributed by atoms with Crippen LogP contribution in [-0.2, 0) is 9.53 Å². The van der Waals surface area contributed by atoms with Gasteiger partial charge in [0.2, 0.25) is 5.91 Å². The highest BCUT2D eigenvalue weighted by atomic mass is 19.1. The minimum atomic E-state index is -1.23. The van der Waals surface area contributed by atoms with Gasteiger partial charge in [0, 0.05) is 38.6 Å². The van der Waals surface area contributed by atoms with Crippen LogP contribution in [-0.4, -0.2) is 90.9 Å². The van der Waals surface area contributed by atoms with E-state index in [1.807, 2.05) is 0 Å². The van der Waals surface area contributed by atoms with Crippen LogP contribution in [0.2, 0.25) is 0 Å². The number of carbonyl (C=O) groups is 4. The number of benzene rings is 1. The van der Waals surface area contributed by atoms with Crippen LogP contribution in [0.4, 0.5) is 25.4 Å². The first-order valence-electron chi connectivity index (χ1n) is 11.3. The zero-order chi connectivity index (χ0) is 25.7. The molecule has 2 saturated heterocycles. The number of halogens is 1. The molecular weight excluding hydrogens is 475 g/mol. The lowest BCUT2D eigenvalue weighted by Gasteiger charge is -2.36. The lowest BCUT2D eigenvalue weighted by Crippen LogP contribution is -2.51. The van der Waals surface area contributed by atoms with Gasteiger partial charge in [-0.05, 0) is 30.3 Å². The van der Waals surface area contributed by atoms with Crippen molar-refractivity contribution in [2.24, 2.45) is 0 Å². The first-order chi connectivity index (χ1) is 17.3. The molecular formula is C23H25FN6O6. The number of rotatable bonds is 7. The summed E-state index contributed by atoms with van der Waals surface area (Å²) in [5.74, 6) is -1.15. The van der Waals surface area contributed by atoms with Gasteiger partial charge in [-0.2, -0.15) is 0 Å². The molecule has 2 aliphatic heterocycles. The maximum atomic E-state index is 14.9. The van der Waals surface area contributed by atoms with Gasteiger partial charge in [0.15, 0.2) is 0 Å². The summed E-state index contributed by atoms with van der Waals surface area (Å²) in [6.07, 6.45) is 0.394. The first-order valence-corrected chi connectivity index (χ1v) is 11.3. The van der Waals surface area contributed by atoms with E-state index in [1.54, 1.807) is 40.3 Å². The molecule has 0 saturated carbocycles. The van der Waals surface area contributed by atoms with Crippen molar-refractivity contribution in [1.29, 1.82) is 0 Å². The largest absolute Gasteiger partial charge is 0.465 e. The molecule has 3 N–H and O–H groups in total. The third-order valence-corrected chi connectivity index (χ3v) is 5.89. The Hall–Kier alpha value is -4.42. The fraction of sp³-hybridized carbons (Fsp3) is 0.348. The summed E-state index contributed by atoms with van der Waals surface area (Å²) in [6.45, 7) is 1.40. The van der Waals surface area contributed by atoms with Crippen molar-refractivity contribution in [3.05, 3.63) is 54.1 Å². The van der Waals surface area contributed by atoms with Crippen LogP contribution in [0.5, 0.6) is 0 Å². The molecule has 0 spiro atoms. The van der Waals surface area contributed by atoms with Crippen molar-refractivity contribution in [2.45, 2.75) is 6.10 Å². The van der Waals surface area contributed by atoms with E-state index in [1.165, 1.54) is 17.2 Å². The second kappa shape index (κ2) is 10.9. The summed E-state index contributed by atoms with van der Waals surface area (Å²) < 4.78 is 20.1. The number of piperazine rings is 1. The van der Waals surface area contributed by atoms with E-state index in [0.717, 1.165) is 0 Å². The fourth-order valence-electron chi connectivity index (χ4n) is 4.02. The first kappa shape index (κ1) is 24.7. The number of nitrogens with one attached hydrogen (secondary N) is 2. The minimum Gasteiger partial charge on any atom is -0.465 e. The van der Waals surface area contributed by atoms with Crippen LogP contribution in [0.25, 0.3) is 0 Å². The molecule has 2 aromatic rings. The lowest BCUT2D eigenvalue weighted by atomic mass is 10.2. The summed E-state index contributed by atoms with van der Waals surface area (Å²) in [4.78, 5) is 55.9. The predicted octanol–water partition coefficient (Wildman–Crippen LogP) is 0.892. The van der Waals surface area contributed by atoms with Gasteiger partial charge in [0.05, 0.1) is 36.6 Å². The highest BCUT2D eigenvalue weighted by molar-refractivity contribution is 5.96. The van der Waals surface area contributed by atoms with Crippen molar-refractivity contribution >= 4 is 35.4 Å². The van der Waals surface area contributed by atoms with Crippen LogP contribution >= 0.6 is 0 Å². The van der Waals surface area contributed by atoms with Gasteiger partial charge in [-0.3, -0.25) is 19.5 Å². The molecule has 0 radical (unpaired) electrons. The Morgan fingerprint density at radius 2 is 1.92 bits per heavy atom. The summed E-state index contributed by atoms with van der Waals surface area (Å²) in [5.41, 5.74) is 1.01. The molecule has 1 aromatic carbocycles. The third kappa shape index (κ3) is 5.79. The van der Waals surface area contributed by atoms with Crippen LogP contribution in [0, 0.1) is 5.82 Å². The maximum Gasteiger partial charge on any atom is 0.414 e. The smallest absolute Gasteiger partial charge is 0.414 e. The molecule has 12 nitrogen and oxygen atoms in total. The number of carboxylic acid groups (broad SMARTS) is 1.